The minimum atomic E-state index is -4.73. The molecule has 1 aliphatic heterocycles. The fourth-order valence-electron chi connectivity index (χ4n) is 4.28. The average Bonchev–Trinajstić information content (AvgIpc) is 3.38. The van der Waals surface area contributed by atoms with Crippen molar-refractivity contribution in [1.82, 2.24) is 15.1 Å². The number of carboxylic acids is 2. The third-order valence-electron chi connectivity index (χ3n) is 5.77. The minimum absolute atomic E-state index is 0.0155. The number of furan rings is 1. The summed E-state index contributed by atoms with van der Waals surface area (Å²) >= 11 is 6.48. The Morgan fingerprint density at radius 2 is 2.06 bits per heavy atom. The maximum Gasteiger partial charge on any atom is 0.435 e. The molecule has 12 heteroatoms. The van der Waals surface area contributed by atoms with Gasteiger partial charge in [-0.15, -0.1) is 0 Å². The molecular weight excluding hydrogens is 479 g/mol. The van der Waals surface area contributed by atoms with E-state index < -0.39 is 42.1 Å². The zero-order valence-corrected chi connectivity index (χ0v) is 18.2. The van der Waals surface area contributed by atoms with Gasteiger partial charge in [-0.05, 0) is 42.3 Å². The molecule has 2 aromatic heterocycles. The maximum absolute atomic E-state index is 13.6. The first-order chi connectivity index (χ1) is 16.1. The molecule has 0 spiro atoms. The molecule has 3 aromatic rings. The van der Waals surface area contributed by atoms with Gasteiger partial charge in [0.05, 0.1) is 29.3 Å². The number of carbonyl (C=O) groups is 2. The summed E-state index contributed by atoms with van der Waals surface area (Å²) < 4.78 is 47.0. The van der Waals surface area contributed by atoms with Crippen molar-refractivity contribution in [2.45, 2.75) is 24.9 Å². The molecule has 0 saturated heterocycles. The average molecular weight is 498 g/mol. The Kier molecular flexibility index (Phi) is 6.41. The van der Waals surface area contributed by atoms with Crippen molar-refractivity contribution in [3.8, 4) is 17.1 Å². The summed E-state index contributed by atoms with van der Waals surface area (Å²) in [5, 5.41) is 25.9. The lowest BCUT2D eigenvalue weighted by Gasteiger charge is -2.25. The van der Waals surface area contributed by atoms with E-state index in [0.717, 1.165) is 10.7 Å². The van der Waals surface area contributed by atoms with Crippen LogP contribution in [0.25, 0.3) is 17.1 Å². The Balaban J connectivity index is 1.95. The van der Waals surface area contributed by atoms with Crippen molar-refractivity contribution < 1.29 is 37.4 Å². The molecule has 34 heavy (non-hydrogen) atoms. The van der Waals surface area contributed by atoms with Crippen LogP contribution in [0.4, 0.5) is 13.2 Å². The molecule has 0 fully saturated rings. The summed E-state index contributed by atoms with van der Waals surface area (Å²) in [7, 11) is 0. The summed E-state index contributed by atoms with van der Waals surface area (Å²) in [6.07, 6.45) is -3.72. The lowest BCUT2D eigenvalue weighted by Crippen LogP contribution is -2.31. The van der Waals surface area contributed by atoms with Gasteiger partial charge in [0.25, 0.3) is 0 Å². The molecule has 4 rings (SSSR count). The highest BCUT2D eigenvalue weighted by Crippen LogP contribution is 2.40. The second-order valence-electron chi connectivity index (χ2n) is 7.87. The molecule has 2 atom stereocenters. The van der Waals surface area contributed by atoms with Crippen molar-refractivity contribution >= 4 is 23.5 Å². The maximum atomic E-state index is 13.6. The molecule has 0 aliphatic carbocycles. The van der Waals surface area contributed by atoms with E-state index in [9.17, 15) is 33.0 Å². The van der Waals surface area contributed by atoms with Crippen molar-refractivity contribution in [3.05, 3.63) is 58.4 Å². The molecular formula is C22H19ClF3N3O5. The zero-order chi connectivity index (χ0) is 24.6. The number of benzene rings is 1. The second-order valence-corrected chi connectivity index (χ2v) is 8.28. The van der Waals surface area contributed by atoms with E-state index in [4.69, 9.17) is 16.0 Å². The van der Waals surface area contributed by atoms with Gasteiger partial charge in [0.1, 0.15) is 5.69 Å². The Morgan fingerprint density at radius 3 is 2.68 bits per heavy atom. The van der Waals surface area contributed by atoms with E-state index >= 15 is 0 Å². The third kappa shape index (κ3) is 4.53. The number of fused-ring (bicyclic) bond motifs is 1. The number of hydrogen-bond donors (Lipinski definition) is 3. The van der Waals surface area contributed by atoms with Gasteiger partial charge in [0, 0.05) is 18.5 Å². The van der Waals surface area contributed by atoms with E-state index in [0.29, 0.717) is 24.1 Å². The lowest BCUT2D eigenvalue weighted by molar-refractivity contribution is -0.149. The van der Waals surface area contributed by atoms with Crippen LogP contribution < -0.4 is 5.32 Å². The van der Waals surface area contributed by atoms with Crippen LogP contribution in [0.5, 0.6) is 0 Å². The van der Waals surface area contributed by atoms with Gasteiger partial charge in [0.15, 0.2) is 11.5 Å². The molecule has 2 unspecified atom stereocenters. The topological polar surface area (TPSA) is 118 Å². The quantitative estimate of drug-likeness (QED) is 0.467. The van der Waals surface area contributed by atoms with Gasteiger partial charge >= 0.3 is 18.1 Å². The molecule has 3 heterocycles. The summed E-state index contributed by atoms with van der Waals surface area (Å²) in [4.78, 5) is 23.3. The van der Waals surface area contributed by atoms with E-state index in [1.165, 1.54) is 24.5 Å². The molecule has 1 aliphatic rings. The van der Waals surface area contributed by atoms with Gasteiger partial charge in [-0.1, -0.05) is 17.7 Å². The van der Waals surface area contributed by atoms with Gasteiger partial charge in [-0.25, -0.2) is 4.68 Å². The first-order valence-corrected chi connectivity index (χ1v) is 10.6. The second kappa shape index (κ2) is 9.15. The summed E-state index contributed by atoms with van der Waals surface area (Å²) in [5.41, 5.74) is 0.0114. The molecule has 0 bridgehead atoms. The number of aromatic nitrogens is 2. The lowest BCUT2D eigenvalue weighted by atomic mass is 9.81. The van der Waals surface area contributed by atoms with Gasteiger partial charge in [-0.2, -0.15) is 18.3 Å². The SMILES string of the molecule is O=C(O)CC(C(=O)O)C1CNCCc2c1ccc(Cl)c2-n1nc(C(F)(F)F)cc1-c1ccco1. The van der Waals surface area contributed by atoms with E-state index in [1.54, 1.807) is 6.07 Å². The number of carboxylic acid groups (broad SMARTS) is 2. The normalized spacial score (nSPS) is 17.1. The van der Waals surface area contributed by atoms with Crippen molar-refractivity contribution in [3.63, 3.8) is 0 Å². The molecule has 3 N–H and O–H groups in total. The van der Waals surface area contributed by atoms with Crippen LogP contribution in [0.1, 0.15) is 29.2 Å². The number of nitrogens with one attached hydrogen (secondary N) is 1. The standard InChI is InChI=1S/C22H19ClF3N3O5/c23-15-4-3-11-12(5-6-27-10-14(11)13(21(32)33)8-19(30)31)20(15)29-16(17-2-1-7-34-17)9-18(28-29)22(24,25)26/h1-4,7,9,13-14,27H,5-6,8,10H2,(H,30,31)(H,32,33). The van der Waals surface area contributed by atoms with Crippen LogP contribution in [0.3, 0.4) is 0 Å². The van der Waals surface area contributed by atoms with E-state index in [2.05, 4.69) is 10.4 Å². The van der Waals surface area contributed by atoms with Gasteiger partial charge < -0.3 is 19.9 Å². The molecule has 180 valence electrons. The zero-order valence-electron chi connectivity index (χ0n) is 17.5. The fraction of sp³-hybridized carbons (Fsp3) is 0.318. The van der Waals surface area contributed by atoms with Gasteiger partial charge in [-0.3, -0.25) is 9.59 Å². The first kappa shape index (κ1) is 23.8. The van der Waals surface area contributed by atoms with Crippen LogP contribution in [0, 0.1) is 5.92 Å². The predicted octanol–water partition coefficient (Wildman–Crippen LogP) is 4.21. The van der Waals surface area contributed by atoms with E-state index in [-0.39, 0.29) is 28.7 Å². The predicted molar refractivity (Wildman–Crippen MR) is 114 cm³/mol. The summed E-state index contributed by atoms with van der Waals surface area (Å²) in [5.74, 6) is -4.44. The highest BCUT2D eigenvalue weighted by Gasteiger charge is 2.38. The van der Waals surface area contributed by atoms with Crippen LogP contribution >= 0.6 is 11.6 Å². The first-order valence-electron chi connectivity index (χ1n) is 10.3. The van der Waals surface area contributed by atoms with Crippen LogP contribution in [-0.2, 0) is 22.2 Å². The fourth-order valence-corrected chi connectivity index (χ4v) is 4.54. The number of aliphatic carboxylic acids is 2. The van der Waals surface area contributed by atoms with Crippen LogP contribution in [-0.4, -0.2) is 45.0 Å². The Hall–Kier alpha value is -3.31. The molecule has 0 saturated carbocycles. The van der Waals surface area contributed by atoms with E-state index in [1.807, 2.05) is 0 Å². The number of nitrogens with zero attached hydrogens (tertiary/aromatic N) is 2. The Morgan fingerprint density at radius 1 is 1.29 bits per heavy atom. The minimum Gasteiger partial charge on any atom is -0.481 e. The Labute approximate surface area is 195 Å². The molecule has 0 amide bonds. The monoisotopic (exact) mass is 497 g/mol. The number of hydrogen-bond acceptors (Lipinski definition) is 5. The van der Waals surface area contributed by atoms with Crippen molar-refractivity contribution in [1.29, 1.82) is 0 Å². The van der Waals surface area contributed by atoms with Crippen molar-refractivity contribution in [2.24, 2.45) is 5.92 Å². The van der Waals surface area contributed by atoms with Crippen molar-refractivity contribution in [2.75, 3.05) is 13.1 Å². The molecule has 1 aromatic carbocycles. The number of alkyl halides is 3. The smallest absolute Gasteiger partial charge is 0.435 e. The molecule has 8 nitrogen and oxygen atoms in total. The Bertz CT molecular complexity index is 1220. The highest BCUT2D eigenvalue weighted by atomic mass is 35.5. The third-order valence-corrected chi connectivity index (χ3v) is 6.07. The number of halogens is 4. The largest absolute Gasteiger partial charge is 0.481 e. The highest BCUT2D eigenvalue weighted by molar-refractivity contribution is 6.32. The van der Waals surface area contributed by atoms with Gasteiger partial charge in [0.2, 0.25) is 0 Å². The summed E-state index contributed by atoms with van der Waals surface area (Å²) in [6.45, 7) is 0.552. The number of rotatable bonds is 6. The van der Waals surface area contributed by atoms with Crippen LogP contribution in [0.2, 0.25) is 5.02 Å². The summed E-state index contributed by atoms with van der Waals surface area (Å²) in [6, 6.07) is 6.91. The molecule has 0 radical (unpaired) electrons. The van der Waals surface area contributed by atoms with Crippen LogP contribution in [0.15, 0.2) is 41.0 Å².